The monoisotopic (exact) mass is 259 g/mol. The number of carbonyl (C=O) groups is 1. The number of hydrogen-bond acceptors (Lipinski definition) is 3. The molecule has 1 fully saturated rings. The third-order valence-corrected chi connectivity index (χ3v) is 4.00. The largest absolute Gasteiger partial charge is 0.504 e. The number of phenols is 1. The Hall–Kier alpha value is -1.97. The topological polar surface area (TPSA) is 49.8 Å². The lowest BCUT2D eigenvalue weighted by atomic mass is 10.00. The third kappa shape index (κ3) is 1.87. The molecule has 2 aliphatic heterocycles. The van der Waals surface area contributed by atoms with Crippen molar-refractivity contribution in [1.82, 2.24) is 4.90 Å². The first-order valence-corrected chi connectivity index (χ1v) is 6.47. The molecule has 0 radical (unpaired) electrons. The van der Waals surface area contributed by atoms with Crippen LogP contribution in [0.3, 0.4) is 0 Å². The second-order valence-corrected chi connectivity index (χ2v) is 5.26. The Morgan fingerprint density at radius 2 is 2.26 bits per heavy atom. The minimum absolute atomic E-state index is 0.0226. The number of aryl methyl sites for hydroxylation is 1. The van der Waals surface area contributed by atoms with Gasteiger partial charge in [-0.3, -0.25) is 4.79 Å². The van der Waals surface area contributed by atoms with E-state index in [1.54, 1.807) is 12.1 Å². The molecule has 3 rings (SSSR count). The van der Waals surface area contributed by atoms with E-state index in [2.05, 4.69) is 6.58 Å². The summed E-state index contributed by atoms with van der Waals surface area (Å²) < 4.78 is 5.09. The van der Waals surface area contributed by atoms with E-state index in [1.165, 1.54) is 7.11 Å². The Labute approximate surface area is 112 Å². The van der Waals surface area contributed by atoms with Gasteiger partial charge in [0.05, 0.1) is 7.11 Å². The van der Waals surface area contributed by atoms with Gasteiger partial charge in [0.15, 0.2) is 11.5 Å². The number of nitrogens with zero attached hydrogens (tertiary/aromatic N) is 1. The average molecular weight is 259 g/mol. The van der Waals surface area contributed by atoms with Crippen LogP contribution < -0.4 is 4.74 Å². The second kappa shape index (κ2) is 4.30. The minimum atomic E-state index is 0.0226. The summed E-state index contributed by atoms with van der Waals surface area (Å²) in [6.45, 7) is 4.63. The van der Waals surface area contributed by atoms with Crippen molar-refractivity contribution in [3.05, 3.63) is 35.4 Å². The van der Waals surface area contributed by atoms with Crippen LogP contribution in [0.4, 0.5) is 0 Å². The van der Waals surface area contributed by atoms with Crippen LogP contribution in [-0.4, -0.2) is 35.6 Å². The number of rotatable bonds is 1. The highest BCUT2D eigenvalue weighted by Gasteiger charge is 2.35. The molecule has 1 aromatic rings. The molecule has 1 saturated heterocycles. The van der Waals surface area contributed by atoms with E-state index in [0.29, 0.717) is 17.9 Å². The maximum atomic E-state index is 12.6. The summed E-state index contributed by atoms with van der Waals surface area (Å²) >= 11 is 0. The van der Waals surface area contributed by atoms with Crippen molar-refractivity contribution in [3.63, 3.8) is 0 Å². The lowest BCUT2D eigenvalue weighted by Gasteiger charge is -2.21. The average Bonchev–Trinajstić information content (AvgIpc) is 2.71. The van der Waals surface area contributed by atoms with E-state index >= 15 is 0 Å². The fourth-order valence-corrected chi connectivity index (χ4v) is 3.03. The summed E-state index contributed by atoms with van der Waals surface area (Å²) in [5, 5.41) is 9.83. The Kier molecular flexibility index (Phi) is 2.73. The highest BCUT2D eigenvalue weighted by Crippen LogP contribution is 2.36. The molecule has 2 heterocycles. The smallest absolute Gasteiger partial charge is 0.254 e. The number of methoxy groups -OCH3 is 1. The standard InChI is InChI=1S/C15H17NO3/c1-9-5-11-4-3-10-6-13(17)14(19-2)7-12(10)15(18)16(11)8-9/h6-7,11,17H,1,3-5,8H2,2H3/t11-/m1/s1. The summed E-state index contributed by atoms with van der Waals surface area (Å²) in [6.07, 6.45) is 2.61. The zero-order valence-corrected chi connectivity index (χ0v) is 11.0. The number of hydrogen-bond donors (Lipinski definition) is 1. The molecule has 19 heavy (non-hydrogen) atoms. The molecule has 0 spiro atoms. The maximum absolute atomic E-state index is 12.6. The molecule has 0 unspecified atom stereocenters. The first-order valence-electron chi connectivity index (χ1n) is 6.47. The number of aromatic hydroxyl groups is 1. The van der Waals surface area contributed by atoms with Gasteiger partial charge >= 0.3 is 0 Å². The Morgan fingerprint density at radius 1 is 1.47 bits per heavy atom. The lowest BCUT2D eigenvalue weighted by molar-refractivity contribution is 0.0742. The normalized spacial score (nSPS) is 21.9. The molecular weight excluding hydrogens is 242 g/mol. The quantitative estimate of drug-likeness (QED) is 0.786. The second-order valence-electron chi connectivity index (χ2n) is 5.26. The fraction of sp³-hybridized carbons (Fsp3) is 0.400. The SMILES string of the molecule is C=C1C[C@H]2CCc3cc(O)c(OC)cc3C(=O)N2C1. The highest BCUT2D eigenvalue weighted by molar-refractivity contribution is 5.97. The maximum Gasteiger partial charge on any atom is 0.254 e. The number of fused-ring (bicyclic) bond motifs is 2. The van der Waals surface area contributed by atoms with Gasteiger partial charge in [0.2, 0.25) is 0 Å². The predicted octanol–water partition coefficient (Wildman–Crippen LogP) is 2.12. The molecule has 4 heteroatoms. The van der Waals surface area contributed by atoms with Crippen LogP contribution in [0.25, 0.3) is 0 Å². The zero-order chi connectivity index (χ0) is 13.6. The summed E-state index contributed by atoms with van der Waals surface area (Å²) in [6, 6.07) is 3.56. The molecule has 100 valence electrons. The molecule has 0 aromatic heterocycles. The Bertz CT molecular complexity index is 565. The van der Waals surface area contributed by atoms with Gasteiger partial charge in [-0.2, -0.15) is 0 Å². The van der Waals surface area contributed by atoms with E-state index in [-0.39, 0.29) is 17.7 Å². The third-order valence-electron chi connectivity index (χ3n) is 4.00. The Balaban J connectivity index is 2.06. The van der Waals surface area contributed by atoms with Gasteiger partial charge in [0.1, 0.15) is 0 Å². The van der Waals surface area contributed by atoms with Crippen LogP contribution in [0, 0.1) is 0 Å². The molecule has 2 aliphatic rings. The van der Waals surface area contributed by atoms with Crippen LogP contribution >= 0.6 is 0 Å². The zero-order valence-electron chi connectivity index (χ0n) is 11.0. The lowest BCUT2D eigenvalue weighted by Crippen LogP contribution is -2.34. The van der Waals surface area contributed by atoms with Crippen molar-refractivity contribution in [2.24, 2.45) is 0 Å². The molecule has 0 bridgehead atoms. The van der Waals surface area contributed by atoms with Crippen molar-refractivity contribution in [3.8, 4) is 11.5 Å². The molecule has 1 N–H and O–H groups in total. The van der Waals surface area contributed by atoms with E-state index in [4.69, 9.17) is 4.74 Å². The molecule has 0 aliphatic carbocycles. The predicted molar refractivity (Wildman–Crippen MR) is 71.6 cm³/mol. The van der Waals surface area contributed by atoms with Crippen molar-refractivity contribution in [2.45, 2.75) is 25.3 Å². The van der Waals surface area contributed by atoms with Gasteiger partial charge in [0.25, 0.3) is 5.91 Å². The van der Waals surface area contributed by atoms with Crippen molar-refractivity contribution >= 4 is 5.91 Å². The minimum Gasteiger partial charge on any atom is -0.504 e. The van der Waals surface area contributed by atoms with E-state index < -0.39 is 0 Å². The van der Waals surface area contributed by atoms with Crippen LogP contribution in [0.1, 0.15) is 28.8 Å². The van der Waals surface area contributed by atoms with Crippen LogP contribution in [-0.2, 0) is 6.42 Å². The van der Waals surface area contributed by atoms with Gasteiger partial charge in [-0.05, 0) is 37.0 Å². The van der Waals surface area contributed by atoms with Crippen molar-refractivity contribution < 1.29 is 14.6 Å². The number of carbonyl (C=O) groups excluding carboxylic acids is 1. The van der Waals surface area contributed by atoms with Gasteiger partial charge in [0, 0.05) is 18.2 Å². The van der Waals surface area contributed by atoms with E-state index in [0.717, 1.165) is 30.4 Å². The first-order chi connectivity index (χ1) is 9.10. The molecule has 0 saturated carbocycles. The molecule has 1 aromatic carbocycles. The number of ether oxygens (including phenoxy) is 1. The Morgan fingerprint density at radius 3 is 3.00 bits per heavy atom. The van der Waals surface area contributed by atoms with Crippen molar-refractivity contribution in [1.29, 1.82) is 0 Å². The summed E-state index contributed by atoms with van der Waals surface area (Å²) in [7, 11) is 1.49. The highest BCUT2D eigenvalue weighted by atomic mass is 16.5. The van der Waals surface area contributed by atoms with Gasteiger partial charge in [-0.15, -0.1) is 0 Å². The molecule has 1 atom stereocenters. The van der Waals surface area contributed by atoms with Crippen molar-refractivity contribution in [2.75, 3.05) is 13.7 Å². The molecule has 4 nitrogen and oxygen atoms in total. The fourth-order valence-electron chi connectivity index (χ4n) is 3.03. The van der Waals surface area contributed by atoms with E-state index in [9.17, 15) is 9.90 Å². The van der Waals surface area contributed by atoms with Gasteiger partial charge in [-0.1, -0.05) is 12.2 Å². The van der Waals surface area contributed by atoms with E-state index in [1.807, 2.05) is 4.90 Å². The summed E-state index contributed by atoms with van der Waals surface area (Å²) in [4.78, 5) is 14.5. The molecule has 1 amide bonds. The summed E-state index contributed by atoms with van der Waals surface area (Å²) in [5.74, 6) is 0.471. The first kappa shape index (κ1) is 12.1. The van der Waals surface area contributed by atoms with Crippen LogP contribution in [0.15, 0.2) is 24.3 Å². The van der Waals surface area contributed by atoms with Gasteiger partial charge < -0.3 is 14.7 Å². The molecular formula is C15H17NO3. The number of benzene rings is 1. The van der Waals surface area contributed by atoms with Gasteiger partial charge in [-0.25, -0.2) is 0 Å². The van der Waals surface area contributed by atoms with Crippen LogP contribution in [0.5, 0.6) is 11.5 Å². The summed E-state index contributed by atoms with van der Waals surface area (Å²) in [5.41, 5.74) is 2.67. The van der Waals surface area contributed by atoms with Crippen LogP contribution in [0.2, 0.25) is 0 Å². The number of phenolic OH excluding ortho intramolecular Hbond substituents is 1. The number of amides is 1.